The minimum atomic E-state index is 0.0903. The molecule has 5 rings (SSSR count). The van der Waals surface area contributed by atoms with Gasteiger partial charge in [-0.1, -0.05) is 65.4 Å². The average Bonchev–Trinajstić information content (AvgIpc) is 2.97. The Morgan fingerprint density at radius 1 is 1.15 bits per heavy atom. The van der Waals surface area contributed by atoms with Crippen LogP contribution in [0.2, 0.25) is 0 Å². The predicted molar refractivity (Wildman–Crippen MR) is 102 cm³/mol. The lowest BCUT2D eigenvalue weighted by Crippen LogP contribution is -2.16. The highest BCUT2D eigenvalue weighted by Crippen LogP contribution is 2.61. The van der Waals surface area contributed by atoms with Crippen molar-refractivity contribution in [3.63, 3.8) is 0 Å². The molecule has 0 aliphatic heterocycles. The van der Waals surface area contributed by atoms with Gasteiger partial charge in [-0.05, 0) is 41.9 Å². The van der Waals surface area contributed by atoms with Crippen LogP contribution in [-0.4, -0.2) is 16.1 Å². The van der Waals surface area contributed by atoms with E-state index in [2.05, 4.69) is 71.0 Å². The Labute approximate surface area is 156 Å². The highest BCUT2D eigenvalue weighted by Gasteiger charge is 2.59. The summed E-state index contributed by atoms with van der Waals surface area (Å²) in [4.78, 5) is 12.6. The zero-order valence-corrected chi connectivity index (χ0v) is 15.3. The SMILES string of the molecule is Cc1ccc(Cc2nnc(NC(=O)C3C4Cc5ccccc5C43)s2)cc1. The van der Waals surface area contributed by atoms with Gasteiger partial charge >= 0.3 is 0 Å². The first-order chi connectivity index (χ1) is 12.7. The third-order valence-electron chi connectivity index (χ3n) is 5.51. The number of nitrogens with zero attached hydrogens (tertiary/aromatic N) is 2. The van der Waals surface area contributed by atoms with Crippen LogP contribution in [0.5, 0.6) is 0 Å². The molecule has 1 saturated carbocycles. The topological polar surface area (TPSA) is 54.9 Å². The van der Waals surface area contributed by atoms with Crippen molar-refractivity contribution in [2.24, 2.45) is 11.8 Å². The van der Waals surface area contributed by atoms with Gasteiger partial charge in [0.2, 0.25) is 11.0 Å². The van der Waals surface area contributed by atoms with Gasteiger partial charge in [-0.15, -0.1) is 10.2 Å². The van der Waals surface area contributed by atoms with Crippen molar-refractivity contribution < 1.29 is 4.79 Å². The van der Waals surface area contributed by atoms with Gasteiger partial charge in [-0.3, -0.25) is 4.79 Å². The molecule has 0 radical (unpaired) electrons. The first-order valence-electron chi connectivity index (χ1n) is 8.95. The molecule has 2 aliphatic carbocycles. The average molecular weight is 361 g/mol. The predicted octanol–water partition coefficient (Wildman–Crippen LogP) is 3.96. The van der Waals surface area contributed by atoms with Crippen LogP contribution in [0.25, 0.3) is 0 Å². The summed E-state index contributed by atoms with van der Waals surface area (Å²) in [5, 5.41) is 12.9. The molecule has 3 aromatic rings. The van der Waals surface area contributed by atoms with Gasteiger partial charge in [0.05, 0.1) is 0 Å². The Balaban J connectivity index is 1.23. The number of fused-ring (bicyclic) bond motifs is 3. The van der Waals surface area contributed by atoms with E-state index in [1.807, 2.05) is 0 Å². The molecule has 1 heterocycles. The number of carbonyl (C=O) groups is 1. The van der Waals surface area contributed by atoms with Crippen molar-refractivity contribution in [3.05, 3.63) is 75.8 Å². The Bertz CT molecular complexity index is 979. The number of aromatic nitrogens is 2. The van der Waals surface area contributed by atoms with Crippen LogP contribution >= 0.6 is 11.3 Å². The molecule has 4 nitrogen and oxygen atoms in total. The zero-order valence-electron chi connectivity index (χ0n) is 14.5. The number of hydrogen-bond donors (Lipinski definition) is 1. The van der Waals surface area contributed by atoms with Crippen LogP contribution in [0.15, 0.2) is 48.5 Å². The molecule has 3 unspecified atom stereocenters. The molecule has 0 saturated heterocycles. The monoisotopic (exact) mass is 361 g/mol. The van der Waals surface area contributed by atoms with Crippen molar-refractivity contribution in [3.8, 4) is 0 Å². The van der Waals surface area contributed by atoms with E-state index in [0.717, 1.165) is 17.8 Å². The van der Waals surface area contributed by atoms with E-state index in [1.54, 1.807) is 0 Å². The van der Waals surface area contributed by atoms with Crippen LogP contribution in [-0.2, 0) is 17.6 Å². The fraction of sp³-hybridized carbons (Fsp3) is 0.286. The largest absolute Gasteiger partial charge is 0.300 e. The summed E-state index contributed by atoms with van der Waals surface area (Å²) >= 11 is 1.46. The van der Waals surface area contributed by atoms with E-state index in [9.17, 15) is 4.79 Å². The molecule has 26 heavy (non-hydrogen) atoms. The van der Waals surface area contributed by atoms with Crippen LogP contribution in [0.3, 0.4) is 0 Å². The number of nitrogens with one attached hydrogen (secondary N) is 1. The zero-order chi connectivity index (χ0) is 17.7. The highest BCUT2D eigenvalue weighted by atomic mass is 32.1. The number of anilines is 1. The van der Waals surface area contributed by atoms with Gasteiger partial charge in [0.25, 0.3) is 0 Å². The molecular weight excluding hydrogens is 342 g/mol. The van der Waals surface area contributed by atoms with Gasteiger partial charge < -0.3 is 5.32 Å². The second-order valence-electron chi connectivity index (χ2n) is 7.27. The molecule has 0 bridgehead atoms. The molecule has 2 aliphatic rings. The summed E-state index contributed by atoms with van der Waals surface area (Å²) in [6, 6.07) is 16.9. The van der Waals surface area contributed by atoms with Crippen molar-refractivity contribution in [1.82, 2.24) is 10.2 Å². The summed E-state index contributed by atoms with van der Waals surface area (Å²) in [7, 11) is 0. The van der Waals surface area contributed by atoms with Crippen molar-refractivity contribution in [2.75, 3.05) is 5.32 Å². The Morgan fingerprint density at radius 3 is 2.81 bits per heavy atom. The molecule has 1 N–H and O–H groups in total. The summed E-state index contributed by atoms with van der Waals surface area (Å²) in [5.41, 5.74) is 5.21. The quantitative estimate of drug-likeness (QED) is 0.765. The second-order valence-corrected chi connectivity index (χ2v) is 8.33. The molecule has 2 aromatic carbocycles. The number of carbonyl (C=O) groups excluding carboxylic acids is 1. The normalized spacial score (nSPS) is 22.6. The lowest BCUT2D eigenvalue weighted by atomic mass is 10.0. The van der Waals surface area contributed by atoms with Crippen LogP contribution in [0, 0.1) is 18.8 Å². The van der Waals surface area contributed by atoms with Gasteiger partial charge in [0.1, 0.15) is 5.01 Å². The number of amides is 1. The van der Waals surface area contributed by atoms with E-state index >= 15 is 0 Å². The number of rotatable bonds is 4. The van der Waals surface area contributed by atoms with Gasteiger partial charge in [0.15, 0.2) is 0 Å². The van der Waals surface area contributed by atoms with Gasteiger partial charge in [-0.25, -0.2) is 0 Å². The van der Waals surface area contributed by atoms with Gasteiger partial charge in [-0.2, -0.15) is 0 Å². The third-order valence-corrected chi connectivity index (χ3v) is 6.35. The van der Waals surface area contributed by atoms with E-state index in [4.69, 9.17) is 0 Å². The Kier molecular flexibility index (Phi) is 3.64. The van der Waals surface area contributed by atoms with Crippen LogP contribution in [0.4, 0.5) is 5.13 Å². The van der Waals surface area contributed by atoms with Crippen LogP contribution < -0.4 is 5.32 Å². The molecule has 0 spiro atoms. The van der Waals surface area contributed by atoms with Crippen LogP contribution in [0.1, 0.15) is 33.2 Å². The summed E-state index contributed by atoms with van der Waals surface area (Å²) < 4.78 is 0. The number of aryl methyl sites for hydroxylation is 1. The van der Waals surface area contributed by atoms with Crippen molar-refractivity contribution >= 4 is 22.4 Å². The minimum Gasteiger partial charge on any atom is -0.300 e. The molecule has 1 aromatic heterocycles. The molecular formula is C21H19N3OS. The Hall–Kier alpha value is -2.53. The summed E-state index contributed by atoms with van der Waals surface area (Å²) in [6.45, 7) is 2.08. The first kappa shape index (κ1) is 15.7. The smallest absolute Gasteiger partial charge is 0.230 e. The maximum absolute atomic E-state index is 12.6. The fourth-order valence-corrected chi connectivity index (χ4v) is 4.93. The summed E-state index contributed by atoms with van der Waals surface area (Å²) in [6.07, 6.45) is 1.77. The molecule has 3 atom stereocenters. The van der Waals surface area contributed by atoms with Gasteiger partial charge in [0, 0.05) is 12.3 Å². The van der Waals surface area contributed by atoms with E-state index in [-0.39, 0.29) is 11.8 Å². The fourth-order valence-electron chi connectivity index (χ4n) is 4.15. The van der Waals surface area contributed by atoms with E-state index < -0.39 is 0 Å². The molecule has 130 valence electrons. The first-order valence-corrected chi connectivity index (χ1v) is 9.77. The maximum Gasteiger partial charge on any atom is 0.230 e. The minimum absolute atomic E-state index is 0.0903. The lowest BCUT2D eigenvalue weighted by molar-refractivity contribution is -0.117. The highest BCUT2D eigenvalue weighted by molar-refractivity contribution is 7.15. The Morgan fingerprint density at radius 2 is 1.96 bits per heavy atom. The van der Waals surface area contributed by atoms with E-state index in [1.165, 1.54) is 33.6 Å². The van der Waals surface area contributed by atoms with Crippen molar-refractivity contribution in [2.45, 2.75) is 25.7 Å². The van der Waals surface area contributed by atoms with Crippen molar-refractivity contribution in [1.29, 1.82) is 0 Å². The number of benzene rings is 2. The number of hydrogen-bond acceptors (Lipinski definition) is 4. The lowest BCUT2D eigenvalue weighted by Gasteiger charge is -2.06. The summed E-state index contributed by atoms with van der Waals surface area (Å²) in [5.74, 6) is 1.04. The second kappa shape index (κ2) is 6.02. The van der Waals surface area contributed by atoms with E-state index in [0.29, 0.717) is 17.0 Å². The maximum atomic E-state index is 12.6. The standard InChI is InChI=1S/C21H19N3OS/c1-12-6-8-13(9-7-12)10-17-23-24-21(26-17)22-20(25)19-16-11-14-4-2-3-5-15(14)18(16)19/h2-9,16,18-19H,10-11H2,1H3,(H,22,24,25). The molecule has 1 fully saturated rings. The molecule has 5 heteroatoms. The molecule has 1 amide bonds. The third kappa shape index (κ3) is 2.72.